The first-order valence-electron chi connectivity index (χ1n) is 9.82. The van der Waals surface area contributed by atoms with Crippen molar-refractivity contribution in [1.29, 1.82) is 0 Å². The van der Waals surface area contributed by atoms with Crippen molar-refractivity contribution in [2.24, 2.45) is 0 Å². The highest BCUT2D eigenvalue weighted by molar-refractivity contribution is 7.99. The highest BCUT2D eigenvalue weighted by Gasteiger charge is 2.34. The van der Waals surface area contributed by atoms with Gasteiger partial charge in [-0.2, -0.15) is 13.2 Å². The zero-order valence-corrected chi connectivity index (χ0v) is 18.2. The Hall–Kier alpha value is -3.80. The summed E-state index contributed by atoms with van der Waals surface area (Å²) in [6, 6.07) is 11.8. The van der Waals surface area contributed by atoms with E-state index in [1.807, 2.05) is 0 Å². The van der Waals surface area contributed by atoms with Gasteiger partial charge in [0.15, 0.2) is 22.6 Å². The molecular weight excluding hydrogens is 496 g/mol. The lowest BCUT2D eigenvalue weighted by Crippen LogP contribution is -2.25. The number of benzene rings is 3. The third kappa shape index (κ3) is 4.87. The summed E-state index contributed by atoms with van der Waals surface area (Å²) in [5.74, 6) is -6.25. The SMILES string of the molecule is O=C(CSc1nc2ccccc2c(=O)n1-c1ccccc1C(F)(F)F)Nc1ccc(F)c(F)c1F. The number of anilines is 1. The lowest BCUT2D eigenvalue weighted by Gasteiger charge is -2.17. The van der Waals surface area contributed by atoms with Crippen LogP contribution in [-0.2, 0) is 11.0 Å². The van der Waals surface area contributed by atoms with Gasteiger partial charge in [-0.15, -0.1) is 0 Å². The zero-order valence-electron chi connectivity index (χ0n) is 17.4. The van der Waals surface area contributed by atoms with Crippen molar-refractivity contribution in [3.63, 3.8) is 0 Å². The smallest absolute Gasteiger partial charge is 0.323 e. The Kier molecular flexibility index (Phi) is 6.57. The largest absolute Gasteiger partial charge is 0.418 e. The highest BCUT2D eigenvalue weighted by Crippen LogP contribution is 2.35. The molecule has 0 fully saturated rings. The van der Waals surface area contributed by atoms with Crippen LogP contribution in [0.15, 0.2) is 70.6 Å². The van der Waals surface area contributed by atoms with E-state index >= 15 is 0 Å². The molecule has 1 heterocycles. The van der Waals surface area contributed by atoms with Crippen LogP contribution in [0, 0.1) is 17.5 Å². The van der Waals surface area contributed by atoms with Gasteiger partial charge in [-0.05, 0) is 36.4 Å². The highest BCUT2D eigenvalue weighted by atomic mass is 32.2. The van der Waals surface area contributed by atoms with Gasteiger partial charge in [0.25, 0.3) is 5.56 Å². The Morgan fingerprint density at radius 1 is 0.943 bits per heavy atom. The molecule has 0 bridgehead atoms. The summed E-state index contributed by atoms with van der Waals surface area (Å²) in [7, 11) is 0. The van der Waals surface area contributed by atoms with Crippen LogP contribution in [0.3, 0.4) is 0 Å². The Labute approximate surface area is 197 Å². The number of thioether (sulfide) groups is 1. The number of para-hydroxylation sites is 2. The van der Waals surface area contributed by atoms with E-state index in [2.05, 4.69) is 10.3 Å². The Balaban J connectivity index is 1.74. The fourth-order valence-corrected chi connectivity index (χ4v) is 4.07. The molecule has 0 spiro atoms. The predicted molar refractivity (Wildman–Crippen MR) is 118 cm³/mol. The third-order valence-electron chi connectivity index (χ3n) is 4.84. The number of fused-ring (bicyclic) bond motifs is 1. The van der Waals surface area contributed by atoms with Gasteiger partial charge in [-0.3, -0.25) is 14.2 Å². The number of amides is 1. The van der Waals surface area contributed by atoms with Gasteiger partial charge in [0.2, 0.25) is 5.91 Å². The first-order chi connectivity index (χ1) is 16.6. The minimum Gasteiger partial charge on any atom is -0.323 e. The number of aromatic nitrogens is 2. The number of rotatable bonds is 5. The number of nitrogens with one attached hydrogen (secondary N) is 1. The van der Waals surface area contributed by atoms with Crippen LogP contribution in [0.5, 0.6) is 0 Å². The van der Waals surface area contributed by atoms with E-state index in [0.717, 1.165) is 22.8 Å². The molecular formula is C23H13F6N3O2S. The van der Waals surface area contributed by atoms with Crippen molar-refractivity contribution in [2.45, 2.75) is 11.3 Å². The van der Waals surface area contributed by atoms with Crippen molar-refractivity contribution >= 4 is 34.3 Å². The van der Waals surface area contributed by atoms with Crippen LogP contribution in [0.1, 0.15) is 5.56 Å². The Morgan fingerprint density at radius 3 is 2.37 bits per heavy atom. The van der Waals surface area contributed by atoms with E-state index in [9.17, 15) is 35.9 Å². The molecule has 5 nitrogen and oxygen atoms in total. The Bertz CT molecular complexity index is 1500. The molecule has 4 aromatic rings. The number of hydrogen-bond donors (Lipinski definition) is 1. The number of halogens is 6. The Morgan fingerprint density at radius 2 is 1.63 bits per heavy atom. The average Bonchev–Trinajstić information content (AvgIpc) is 2.83. The molecule has 1 amide bonds. The van der Waals surface area contributed by atoms with Crippen molar-refractivity contribution < 1.29 is 31.1 Å². The number of carbonyl (C=O) groups excluding carboxylic acids is 1. The zero-order chi connectivity index (χ0) is 25.3. The van der Waals surface area contributed by atoms with Crippen LogP contribution in [0.25, 0.3) is 16.6 Å². The normalized spacial score (nSPS) is 11.6. The summed E-state index contributed by atoms with van der Waals surface area (Å²) in [6.07, 6.45) is -4.79. The number of carbonyl (C=O) groups is 1. The molecule has 12 heteroatoms. The molecule has 1 aromatic heterocycles. The van der Waals surface area contributed by atoms with Crippen molar-refractivity contribution in [3.8, 4) is 5.69 Å². The van der Waals surface area contributed by atoms with E-state index < -0.39 is 57.8 Å². The maximum Gasteiger partial charge on any atom is 0.418 e. The van der Waals surface area contributed by atoms with Crippen molar-refractivity contribution in [1.82, 2.24) is 9.55 Å². The van der Waals surface area contributed by atoms with E-state index in [-0.39, 0.29) is 16.1 Å². The van der Waals surface area contributed by atoms with Gasteiger partial charge in [0.05, 0.1) is 33.6 Å². The minimum atomic E-state index is -4.79. The van der Waals surface area contributed by atoms with Crippen molar-refractivity contribution in [3.05, 3.63) is 94.0 Å². The molecule has 0 radical (unpaired) electrons. The summed E-state index contributed by atoms with van der Waals surface area (Å²) < 4.78 is 82.1. The maximum absolute atomic E-state index is 13.9. The molecule has 0 unspecified atom stereocenters. The topological polar surface area (TPSA) is 64.0 Å². The lowest BCUT2D eigenvalue weighted by atomic mass is 10.1. The second kappa shape index (κ2) is 9.45. The summed E-state index contributed by atoms with van der Waals surface area (Å²) in [5.41, 5.74) is -2.80. The summed E-state index contributed by atoms with van der Waals surface area (Å²) in [5, 5.41) is 1.89. The molecule has 35 heavy (non-hydrogen) atoms. The summed E-state index contributed by atoms with van der Waals surface area (Å²) in [4.78, 5) is 29.8. The van der Waals surface area contributed by atoms with Crippen LogP contribution in [0.4, 0.5) is 32.0 Å². The molecule has 0 aliphatic heterocycles. The summed E-state index contributed by atoms with van der Waals surface area (Å²) >= 11 is 0.613. The number of nitrogens with zero attached hydrogens (tertiary/aromatic N) is 2. The van der Waals surface area contributed by atoms with Crippen LogP contribution in [0.2, 0.25) is 0 Å². The van der Waals surface area contributed by atoms with E-state index in [4.69, 9.17) is 0 Å². The van der Waals surface area contributed by atoms with Crippen molar-refractivity contribution in [2.75, 3.05) is 11.1 Å². The fourth-order valence-electron chi connectivity index (χ4n) is 3.27. The molecule has 0 saturated carbocycles. The molecule has 0 aliphatic carbocycles. The van der Waals surface area contributed by atoms with Gasteiger partial charge in [-0.25, -0.2) is 18.2 Å². The second-order valence-corrected chi connectivity index (χ2v) is 8.07. The van der Waals surface area contributed by atoms with Crippen LogP contribution < -0.4 is 10.9 Å². The quantitative estimate of drug-likeness (QED) is 0.166. The minimum absolute atomic E-state index is 0.0575. The van der Waals surface area contributed by atoms with E-state index in [0.29, 0.717) is 17.8 Å². The molecule has 0 aliphatic rings. The monoisotopic (exact) mass is 509 g/mol. The first kappa shape index (κ1) is 24.3. The summed E-state index contributed by atoms with van der Waals surface area (Å²) in [6.45, 7) is 0. The molecule has 3 aromatic carbocycles. The van der Waals surface area contributed by atoms with E-state index in [1.165, 1.54) is 30.3 Å². The molecule has 180 valence electrons. The third-order valence-corrected chi connectivity index (χ3v) is 5.78. The van der Waals surface area contributed by atoms with Gasteiger partial charge in [0.1, 0.15) is 0 Å². The molecule has 0 saturated heterocycles. The molecule has 4 rings (SSSR count). The number of alkyl halides is 3. The number of hydrogen-bond acceptors (Lipinski definition) is 4. The average molecular weight is 509 g/mol. The second-order valence-electron chi connectivity index (χ2n) is 7.13. The van der Waals surface area contributed by atoms with Crippen LogP contribution >= 0.6 is 11.8 Å². The maximum atomic E-state index is 13.9. The van der Waals surface area contributed by atoms with Gasteiger partial charge >= 0.3 is 6.18 Å². The fraction of sp³-hybridized carbons (Fsp3) is 0.0870. The van der Waals surface area contributed by atoms with Gasteiger partial charge < -0.3 is 5.32 Å². The van der Waals surface area contributed by atoms with Gasteiger partial charge in [0, 0.05) is 0 Å². The van der Waals surface area contributed by atoms with Crippen LogP contribution in [-0.4, -0.2) is 21.2 Å². The van der Waals surface area contributed by atoms with Gasteiger partial charge in [-0.1, -0.05) is 36.0 Å². The standard InChI is InChI=1S/C23H13F6N3O2S/c24-14-9-10-16(20(26)19(14)25)30-18(33)11-35-22-31-15-7-3-1-5-12(15)21(34)32(22)17-8-4-2-6-13(17)23(27,28)29/h1-10H,11H2,(H,30,33). The van der Waals surface area contributed by atoms with E-state index in [1.54, 1.807) is 6.07 Å². The molecule has 0 atom stereocenters. The lowest BCUT2D eigenvalue weighted by molar-refractivity contribution is -0.137. The predicted octanol–water partition coefficient (Wildman–Crippen LogP) is 5.55. The molecule has 1 N–H and O–H groups in total. The first-order valence-corrected chi connectivity index (χ1v) is 10.8.